The van der Waals surface area contributed by atoms with Gasteiger partial charge in [0.25, 0.3) is 5.91 Å². The molecule has 0 saturated heterocycles. The van der Waals surface area contributed by atoms with E-state index in [0.717, 1.165) is 22.6 Å². The molecule has 3 amide bonds. The molecule has 0 saturated carbocycles. The average Bonchev–Trinajstić information content (AvgIpc) is 3.28. The largest absolute Gasteiger partial charge is 0.497 e. The van der Waals surface area contributed by atoms with Crippen molar-refractivity contribution in [1.29, 1.82) is 0 Å². The summed E-state index contributed by atoms with van der Waals surface area (Å²) < 4.78 is 10.3. The van der Waals surface area contributed by atoms with Gasteiger partial charge in [0.15, 0.2) is 0 Å². The molecule has 170 valence electrons. The topological polar surface area (TPSA) is 83.5 Å². The molecule has 1 atom stereocenters. The molecule has 1 aliphatic heterocycles. The smallest absolute Gasteiger partial charge is 0.317 e. The lowest BCUT2D eigenvalue weighted by Crippen LogP contribution is -2.47. The third-order valence-corrected chi connectivity index (χ3v) is 5.28. The van der Waals surface area contributed by atoms with E-state index in [1.807, 2.05) is 61.5 Å². The zero-order chi connectivity index (χ0) is 22.9. The van der Waals surface area contributed by atoms with E-state index in [9.17, 15) is 9.59 Å². The second-order valence-electron chi connectivity index (χ2n) is 7.39. The van der Waals surface area contributed by atoms with Crippen molar-refractivity contribution in [3.63, 3.8) is 0 Å². The number of methoxy groups -OCH3 is 2. The molecule has 2 aromatic rings. The zero-order valence-corrected chi connectivity index (χ0v) is 18.8. The first-order chi connectivity index (χ1) is 15.6. The van der Waals surface area contributed by atoms with Gasteiger partial charge in [0.05, 0.1) is 25.5 Å². The third-order valence-electron chi connectivity index (χ3n) is 5.28. The highest BCUT2D eigenvalue weighted by Crippen LogP contribution is 2.33. The Bertz CT molecular complexity index is 931. The van der Waals surface area contributed by atoms with E-state index >= 15 is 0 Å². The van der Waals surface area contributed by atoms with Crippen molar-refractivity contribution < 1.29 is 19.1 Å². The molecule has 0 radical (unpaired) electrons. The summed E-state index contributed by atoms with van der Waals surface area (Å²) in [5, 5.41) is 8.94. The van der Waals surface area contributed by atoms with Gasteiger partial charge in [-0.3, -0.25) is 4.79 Å². The number of benzene rings is 2. The predicted molar refractivity (Wildman–Crippen MR) is 123 cm³/mol. The molecule has 1 heterocycles. The van der Waals surface area contributed by atoms with Crippen LogP contribution in [0.25, 0.3) is 0 Å². The lowest BCUT2D eigenvalue weighted by Gasteiger charge is -2.27. The molecule has 0 aromatic heterocycles. The van der Waals surface area contributed by atoms with Crippen molar-refractivity contribution in [2.24, 2.45) is 5.10 Å². The van der Waals surface area contributed by atoms with Gasteiger partial charge in [-0.05, 0) is 42.3 Å². The van der Waals surface area contributed by atoms with Crippen LogP contribution >= 0.6 is 0 Å². The third kappa shape index (κ3) is 5.64. The quantitative estimate of drug-likeness (QED) is 0.652. The first-order valence-corrected chi connectivity index (χ1v) is 10.7. The van der Waals surface area contributed by atoms with Gasteiger partial charge in [0.2, 0.25) is 0 Å². The van der Waals surface area contributed by atoms with Crippen LogP contribution in [0.3, 0.4) is 0 Å². The Labute approximate surface area is 188 Å². The minimum Gasteiger partial charge on any atom is -0.497 e. The maximum absolute atomic E-state index is 13.3. The Balaban J connectivity index is 1.86. The highest BCUT2D eigenvalue weighted by Gasteiger charge is 2.34. The summed E-state index contributed by atoms with van der Waals surface area (Å²) in [4.78, 5) is 27.2. The van der Waals surface area contributed by atoms with Gasteiger partial charge in [0.1, 0.15) is 12.3 Å². The molecule has 0 fully saturated rings. The van der Waals surface area contributed by atoms with Gasteiger partial charge in [-0.25, -0.2) is 9.80 Å². The van der Waals surface area contributed by atoms with Crippen LogP contribution in [0.2, 0.25) is 0 Å². The van der Waals surface area contributed by atoms with Gasteiger partial charge in [-0.15, -0.1) is 0 Å². The molecular weight excluding hydrogens is 408 g/mol. The fourth-order valence-corrected chi connectivity index (χ4v) is 3.59. The minimum atomic E-state index is -0.298. The van der Waals surface area contributed by atoms with Crippen LogP contribution in [0, 0.1) is 0 Å². The van der Waals surface area contributed by atoms with Crippen LogP contribution in [-0.4, -0.2) is 68.0 Å². The fourth-order valence-electron chi connectivity index (χ4n) is 3.59. The molecule has 2 aromatic carbocycles. The molecule has 8 nitrogen and oxygen atoms in total. The number of urea groups is 1. The Hall–Kier alpha value is -3.39. The van der Waals surface area contributed by atoms with Crippen molar-refractivity contribution in [2.75, 3.05) is 40.5 Å². The number of hydrazone groups is 1. The lowest BCUT2D eigenvalue weighted by atomic mass is 9.98. The lowest BCUT2D eigenvalue weighted by molar-refractivity contribution is -0.133. The summed E-state index contributed by atoms with van der Waals surface area (Å²) in [6, 6.07) is 16.9. The minimum absolute atomic E-state index is 0.0854. The molecule has 0 spiro atoms. The van der Waals surface area contributed by atoms with Gasteiger partial charge in [-0.1, -0.05) is 30.3 Å². The first-order valence-electron chi connectivity index (χ1n) is 10.7. The van der Waals surface area contributed by atoms with Crippen LogP contribution in [0.15, 0.2) is 59.7 Å². The number of nitrogens with zero attached hydrogens (tertiary/aromatic N) is 3. The van der Waals surface area contributed by atoms with Gasteiger partial charge >= 0.3 is 6.03 Å². The number of amides is 3. The van der Waals surface area contributed by atoms with E-state index in [2.05, 4.69) is 10.4 Å². The molecule has 1 N–H and O–H groups in total. The first kappa shape index (κ1) is 23.3. The molecular formula is C24H30N4O4. The van der Waals surface area contributed by atoms with Crippen molar-refractivity contribution in [1.82, 2.24) is 15.2 Å². The van der Waals surface area contributed by atoms with Gasteiger partial charge < -0.3 is 19.7 Å². The highest BCUT2D eigenvalue weighted by molar-refractivity contribution is 6.03. The molecule has 0 aliphatic carbocycles. The van der Waals surface area contributed by atoms with Crippen molar-refractivity contribution in [3.05, 3.63) is 65.7 Å². The number of hydrogen-bond donors (Lipinski definition) is 1. The summed E-state index contributed by atoms with van der Waals surface area (Å²) in [6.07, 6.45) is 0.585. The number of rotatable bonds is 9. The van der Waals surface area contributed by atoms with Crippen LogP contribution in [0.1, 0.15) is 30.5 Å². The number of nitrogens with one attached hydrogen (secondary N) is 1. The second-order valence-corrected chi connectivity index (χ2v) is 7.39. The molecule has 8 heteroatoms. The van der Waals surface area contributed by atoms with E-state index < -0.39 is 0 Å². The highest BCUT2D eigenvalue weighted by atomic mass is 16.5. The van der Waals surface area contributed by atoms with Gasteiger partial charge in [-0.2, -0.15) is 5.10 Å². The maximum Gasteiger partial charge on any atom is 0.317 e. The Morgan fingerprint density at radius 1 is 1.12 bits per heavy atom. The Morgan fingerprint density at radius 3 is 2.47 bits per heavy atom. The van der Waals surface area contributed by atoms with E-state index in [-0.39, 0.29) is 24.5 Å². The Kier molecular flexibility index (Phi) is 8.21. The van der Waals surface area contributed by atoms with Crippen LogP contribution in [0.4, 0.5) is 4.79 Å². The Morgan fingerprint density at radius 2 is 1.84 bits per heavy atom. The van der Waals surface area contributed by atoms with Crippen LogP contribution in [-0.2, 0) is 9.53 Å². The van der Waals surface area contributed by atoms with Crippen molar-refractivity contribution in [3.8, 4) is 5.75 Å². The number of carbonyl (C=O) groups excluding carboxylic acids is 2. The standard InChI is InChI=1S/C24H30N4O4/c1-4-25-24(30)27(14-15-31-2)17-23(29)28-22(19-8-6-5-7-9-19)16-21(26-28)18-10-12-20(32-3)13-11-18/h5-13,22H,4,14-17H2,1-3H3,(H,25,30)/t22-/m0/s1. The molecule has 0 unspecified atom stereocenters. The second kappa shape index (κ2) is 11.3. The average molecular weight is 439 g/mol. The van der Waals surface area contributed by atoms with Gasteiger partial charge in [0, 0.05) is 26.6 Å². The zero-order valence-electron chi connectivity index (χ0n) is 18.8. The number of ether oxygens (including phenoxy) is 2. The SMILES string of the molecule is CCNC(=O)N(CCOC)CC(=O)N1N=C(c2ccc(OC)cc2)C[C@H]1c1ccccc1. The predicted octanol–water partition coefficient (Wildman–Crippen LogP) is 3.05. The van der Waals surface area contributed by atoms with Crippen LogP contribution in [0.5, 0.6) is 5.75 Å². The molecule has 0 bridgehead atoms. The summed E-state index contributed by atoms with van der Waals surface area (Å²) in [7, 11) is 3.19. The van der Waals surface area contributed by atoms with E-state index in [1.165, 1.54) is 9.91 Å². The van der Waals surface area contributed by atoms with E-state index in [1.54, 1.807) is 14.2 Å². The fraction of sp³-hybridized carbons (Fsp3) is 0.375. The molecule has 1 aliphatic rings. The number of carbonyl (C=O) groups is 2. The normalized spacial score (nSPS) is 15.3. The molecule has 32 heavy (non-hydrogen) atoms. The summed E-state index contributed by atoms with van der Waals surface area (Å²) in [5.41, 5.74) is 2.74. The number of hydrogen-bond acceptors (Lipinski definition) is 5. The maximum atomic E-state index is 13.3. The van der Waals surface area contributed by atoms with Crippen molar-refractivity contribution in [2.45, 2.75) is 19.4 Å². The van der Waals surface area contributed by atoms with E-state index in [0.29, 0.717) is 26.1 Å². The summed E-state index contributed by atoms with van der Waals surface area (Å²) in [6.45, 7) is 2.88. The monoisotopic (exact) mass is 438 g/mol. The van der Waals surface area contributed by atoms with Crippen LogP contribution < -0.4 is 10.1 Å². The summed E-state index contributed by atoms with van der Waals surface area (Å²) in [5.74, 6) is 0.514. The van der Waals surface area contributed by atoms with Crippen molar-refractivity contribution >= 4 is 17.6 Å². The summed E-state index contributed by atoms with van der Waals surface area (Å²) >= 11 is 0. The molecule has 3 rings (SSSR count). The van der Waals surface area contributed by atoms with E-state index in [4.69, 9.17) is 9.47 Å².